The highest BCUT2D eigenvalue weighted by atomic mass is 32.2. The van der Waals surface area contributed by atoms with Crippen LogP contribution in [0.2, 0.25) is 0 Å². The van der Waals surface area contributed by atoms with E-state index in [4.69, 9.17) is 66.7 Å². The normalized spacial score (nSPS) is 16.1. The van der Waals surface area contributed by atoms with Gasteiger partial charge < -0.3 is 82.6 Å². The lowest BCUT2D eigenvalue weighted by molar-refractivity contribution is -0.139. The first-order valence-electron chi connectivity index (χ1n) is 25.7. The molecule has 0 aliphatic carbocycles. The Morgan fingerprint density at radius 2 is 1.01 bits per heavy atom. The number of benzene rings is 1. The maximum absolute atomic E-state index is 12.4. The van der Waals surface area contributed by atoms with E-state index in [1.807, 2.05) is 11.8 Å². The Morgan fingerprint density at radius 1 is 0.548 bits per heavy atom. The third-order valence-electron chi connectivity index (χ3n) is 10.9. The molecule has 1 aromatic rings. The maximum atomic E-state index is 12.4. The minimum Gasteiger partial charge on any atom is -0.482 e. The molecule has 4 N–H and O–H groups in total. The van der Waals surface area contributed by atoms with Crippen LogP contribution in [-0.4, -0.2) is 229 Å². The van der Waals surface area contributed by atoms with Gasteiger partial charge in [-0.15, -0.1) is 0 Å². The number of carboxylic acid groups (broad SMARTS) is 1. The fourth-order valence-electron chi connectivity index (χ4n) is 7.11. The van der Waals surface area contributed by atoms with Gasteiger partial charge in [-0.2, -0.15) is 11.8 Å². The fraction of sp³-hybridized carbons (Fsp3) is 0.780. The third kappa shape index (κ3) is 35.4. The van der Waals surface area contributed by atoms with E-state index in [0.29, 0.717) is 194 Å². The van der Waals surface area contributed by atoms with Crippen LogP contribution in [0.1, 0.15) is 68.1 Å². The molecular weight excluding hydrogens is 979 g/mol. The molecular formula is C50H83N3O19S. The average molecular weight is 1060 g/mol. The second-order valence-electron chi connectivity index (χ2n) is 16.7. The van der Waals surface area contributed by atoms with E-state index in [1.54, 1.807) is 18.2 Å². The quantitative estimate of drug-likeness (QED) is 0.0415. The van der Waals surface area contributed by atoms with Gasteiger partial charge >= 0.3 is 12.0 Å². The number of rotatable bonds is 53. The van der Waals surface area contributed by atoms with Gasteiger partial charge in [-0.1, -0.05) is 18.6 Å². The van der Waals surface area contributed by atoms with Crippen molar-refractivity contribution in [3.8, 4) is 5.75 Å². The zero-order chi connectivity index (χ0) is 52.1. The predicted molar refractivity (Wildman–Crippen MR) is 269 cm³/mol. The summed E-state index contributed by atoms with van der Waals surface area (Å²) in [5.41, 5.74) is 0.425. The molecule has 1 aromatic carbocycles. The van der Waals surface area contributed by atoms with E-state index in [0.717, 1.165) is 31.4 Å². The van der Waals surface area contributed by atoms with Gasteiger partial charge in [0.2, 0.25) is 5.91 Å². The number of fused-ring (bicyclic) bond motifs is 1. The molecule has 0 radical (unpaired) electrons. The van der Waals surface area contributed by atoms with Crippen molar-refractivity contribution in [2.75, 3.05) is 177 Å². The maximum Gasteiger partial charge on any atom is 0.341 e. The smallest absolute Gasteiger partial charge is 0.341 e. The van der Waals surface area contributed by atoms with Crippen LogP contribution >= 0.6 is 11.8 Å². The molecule has 0 aromatic heterocycles. The van der Waals surface area contributed by atoms with Crippen molar-refractivity contribution in [1.82, 2.24) is 16.0 Å². The molecule has 2 fully saturated rings. The van der Waals surface area contributed by atoms with Gasteiger partial charge in [0.25, 0.3) is 0 Å². The summed E-state index contributed by atoms with van der Waals surface area (Å²) in [6.45, 7) is 10.6. The number of carboxylic acids is 1. The Morgan fingerprint density at radius 3 is 1.51 bits per heavy atom. The van der Waals surface area contributed by atoms with E-state index < -0.39 is 12.6 Å². The lowest BCUT2D eigenvalue weighted by Crippen LogP contribution is -2.36. The molecule has 0 bridgehead atoms. The summed E-state index contributed by atoms with van der Waals surface area (Å²) in [7, 11) is 0. The number of hydrogen-bond donors (Lipinski definition) is 4. The van der Waals surface area contributed by atoms with Crippen LogP contribution in [0.3, 0.4) is 0 Å². The highest BCUT2D eigenvalue weighted by Gasteiger charge is 2.42. The molecule has 22 nitrogen and oxygen atoms in total. The number of amides is 3. The molecule has 3 amide bonds. The molecule has 73 heavy (non-hydrogen) atoms. The number of carbonyl (C=O) groups excluding carboxylic acids is 4. The predicted octanol–water partition coefficient (Wildman–Crippen LogP) is 2.89. The van der Waals surface area contributed by atoms with Crippen LogP contribution in [0.25, 0.3) is 0 Å². The lowest BCUT2D eigenvalue weighted by atomic mass is 10.0. The summed E-state index contributed by atoms with van der Waals surface area (Å²) in [4.78, 5) is 58.8. The topological polar surface area (TPSA) is 262 Å². The number of carbonyl (C=O) groups is 5. The molecule has 418 valence electrons. The number of aliphatic carboxylic acids is 1. The summed E-state index contributed by atoms with van der Waals surface area (Å²) >= 11 is 1.91. The summed E-state index contributed by atoms with van der Waals surface area (Å²) in [5, 5.41) is 17.9. The second-order valence-corrected chi connectivity index (χ2v) is 18.0. The van der Waals surface area contributed by atoms with Gasteiger partial charge in [-0.05, 0) is 37.8 Å². The number of thioether (sulfide) groups is 1. The molecule has 0 saturated carbocycles. The first kappa shape index (κ1) is 63.7. The Balaban J connectivity index is 0.893. The zero-order valence-corrected chi connectivity index (χ0v) is 43.5. The van der Waals surface area contributed by atoms with E-state index in [-0.39, 0.29) is 55.0 Å². The van der Waals surface area contributed by atoms with Crippen LogP contribution in [0.15, 0.2) is 24.3 Å². The Hall–Kier alpha value is -3.56. The number of ether oxygens (including phenoxy) is 13. The van der Waals surface area contributed by atoms with Gasteiger partial charge in [0.1, 0.15) is 11.5 Å². The largest absolute Gasteiger partial charge is 0.482 e. The molecule has 2 aliphatic heterocycles. The van der Waals surface area contributed by atoms with Gasteiger partial charge in [-0.25, -0.2) is 9.59 Å². The number of urea groups is 1. The minimum atomic E-state index is -1.10. The van der Waals surface area contributed by atoms with Gasteiger partial charge in [0, 0.05) is 55.4 Å². The Bertz CT molecular complexity index is 1600. The fourth-order valence-corrected chi connectivity index (χ4v) is 8.65. The number of Topliss-reactive ketones (excluding diaryl/α,β-unsaturated/α-hetero) is 2. The molecule has 2 aliphatic rings. The summed E-state index contributed by atoms with van der Waals surface area (Å²) < 4.78 is 71.2. The van der Waals surface area contributed by atoms with Crippen LogP contribution in [0, 0.1) is 0 Å². The van der Waals surface area contributed by atoms with E-state index >= 15 is 0 Å². The first-order chi connectivity index (χ1) is 35.8. The second kappa shape index (κ2) is 44.7. The molecule has 2 heterocycles. The zero-order valence-electron chi connectivity index (χ0n) is 42.7. The van der Waals surface area contributed by atoms with Crippen LogP contribution in [0.5, 0.6) is 5.75 Å². The monoisotopic (exact) mass is 1060 g/mol. The van der Waals surface area contributed by atoms with Crippen LogP contribution < -0.4 is 20.7 Å². The Labute approximate surface area is 434 Å². The van der Waals surface area contributed by atoms with Gasteiger partial charge in [0.05, 0.1) is 164 Å². The minimum absolute atomic E-state index is 0.0578. The first-order valence-corrected chi connectivity index (χ1v) is 26.7. The SMILES string of the molecule is O=C(O)COc1cccc(C(=O)CCCNC(=O)CCOCCOCCOCCOCCOCCOCCOCCOCCOCCOCCOCCOCCCC(=O)CCCC[C@@H]2SC[C@@H]3NC(=O)N[C@@H]32)c1. The lowest BCUT2D eigenvalue weighted by Gasteiger charge is -2.16. The van der Waals surface area contributed by atoms with Crippen molar-refractivity contribution >= 4 is 41.2 Å². The summed E-state index contributed by atoms with van der Waals surface area (Å²) in [6, 6.07) is 6.78. The van der Waals surface area contributed by atoms with E-state index in [2.05, 4.69) is 16.0 Å². The van der Waals surface area contributed by atoms with E-state index in [9.17, 15) is 24.0 Å². The van der Waals surface area contributed by atoms with Gasteiger partial charge in [-0.3, -0.25) is 14.4 Å². The Kier molecular flexibility index (Phi) is 39.0. The number of hydrogen-bond acceptors (Lipinski definition) is 19. The summed E-state index contributed by atoms with van der Waals surface area (Å²) in [6.07, 6.45) is 5.70. The van der Waals surface area contributed by atoms with Crippen molar-refractivity contribution in [1.29, 1.82) is 0 Å². The molecule has 23 heteroatoms. The van der Waals surface area contributed by atoms with E-state index in [1.165, 1.54) is 6.07 Å². The molecule has 2 saturated heterocycles. The highest BCUT2D eigenvalue weighted by molar-refractivity contribution is 8.00. The van der Waals surface area contributed by atoms with Crippen molar-refractivity contribution in [2.45, 2.75) is 75.1 Å². The standard InChI is InChI=1S/C50H83N3O19S/c54-42(7-1-2-11-46-49-44(40-73-46)52-50(59)53-49)8-5-14-60-16-18-62-20-22-64-24-26-66-28-30-68-32-34-70-36-37-71-35-33-69-31-29-67-27-25-65-23-21-63-19-17-61-15-12-47(56)51-13-4-10-45(55)41-6-3-9-43(38-41)72-39-48(57)58/h3,6,9,38,44,46,49H,1-2,4-5,7-8,10-37,39-40H2,(H,51,56)(H,57,58)(H2,52,53,59)/t44-,46-,49-/m0/s1. The van der Waals surface area contributed by atoms with Crippen LogP contribution in [-0.2, 0) is 71.2 Å². The molecule has 0 spiro atoms. The number of ketones is 2. The molecule has 0 unspecified atom stereocenters. The summed E-state index contributed by atoms with van der Waals surface area (Å²) in [5.74, 6) is 0.171. The third-order valence-corrected chi connectivity index (χ3v) is 12.4. The number of nitrogens with one attached hydrogen (secondary N) is 3. The van der Waals surface area contributed by atoms with Gasteiger partial charge in [0.15, 0.2) is 12.4 Å². The average Bonchev–Trinajstić information content (AvgIpc) is 3.95. The van der Waals surface area contributed by atoms with Crippen molar-refractivity contribution in [3.05, 3.63) is 29.8 Å². The van der Waals surface area contributed by atoms with Crippen molar-refractivity contribution in [3.63, 3.8) is 0 Å². The number of unbranched alkanes of at least 4 members (excludes halogenated alkanes) is 1. The highest BCUT2D eigenvalue weighted by Crippen LogP contribution is 2.33. The molecule has 3 rings (SSSR count). The van der Waals surface area contributed by atoms with Crippen LogP contribution in [0.4, 0.5) is 4.79 Å². The molecule has 3 atom stereocenters. The van der Waals surface area contributed by atoms with Crippen molar-refractivity contribution in [2.24, 2.45) is 0 Å². The van der Waals surface area contributed by atoms with Crippen molar-refractivity contribution < 1.29 is 90.7 Å².